The standard InChI is InChI=1S/C8H8N2O3S2/c9-3-7-1-2-8(14-7)15(12,13)10-4-6(11)5-10/h1-2,6,11H,4-5H2. The van der Waals surface area contributed by atoms with Crippen LogP contribution in [-0.2, 0) is 10.0 Å². The van der Waals surface area contributed by atoms with Gasteiger partial charge in [-0.15, -0.1) is 11.3 Å². The maximum absolute atomic E-state index is 11.8. The van der Waals surface area contributed by atoms with E-state index in [1.807, 2.05) is 6.07 Å². The van der Waals surface area contributed by atoms with E-state index in [1.54, 1.807) is 0 Å². The zero-order valence-corrected chi connectivity index (χ0v) is 9.25. The first kappa shape index (κ1) is 10.6. The summed E-state index contributed by atoms with van der Waals surface area (Å²) in [5.74, 6) is 0. The zero-order valence-electron chi connectivity index (χ0n) is 7.62. The largest absolute Gasteiger partial charge is 0.390 e. The summed E-state index contributed by atoms with van der Waals surface area (Å²) in [6.45, 7) is 0.282. The third-order valence-electron chi connectivity index (χ3n) is 2.11. The van der Waals surface area contributed by atoms with Crippen molar-refractivity contribution in [3.8, 4) is 6.07 Å². The molecule has 7 heteroatoms. The van der Waals surface area contributed by atoms with E-state index in [0.717, 1.165) is 11.3 Å². The average molecular weight is 244 g/mol. The van der Waals surface area contributed by atoms with Crippen LogP contribution >= 0.6 is 11.3 Å². The molecule has 0 atom stereocenters. The third kappa shape index (κ3) is 1.77. The van der Waals surface area contributed by atoms with Crippen molar-refractivity contribution in [2.24, 2.45) is 0 Å². The van der Waals surface area contributed by atoms with Crippen LogP contribution in [-0.4, -0.2) is 37.0 Å². The Morgan fingerprint density at radius 3 is 2.67 bits per heavy atom. The molecule has 1 saturated heterocycles. The number of nitriles is 1. The molecule has 1 aromatic heterocycles. The Kier molecular flexibility index (Phi) is 2.52. The number of β-amino-alcohol motifs (C(OH)–C–C–N with tert-alkyl or cyclic N) is 1. The van der Waals surface area contributed by atoms with E-state index < -0.39 is 16.1 Å². The smallest absolute Gasteiger partial charge is 0.252 e. The second kappa shape index (κ2) is 3.57. The molecule has 0 unspecified atom stereocenters. The minimum atomic E-state index is -3.48. The summed E-state index contributed by atoms with van der Waals surface area (Å²) in [6.07, 6.45) is -0.560. The van der Waals surface area contributed by atoms with Crippen molar-refractivity contribution in [2.45, 2.75) is 10.3 Å². The summed E-state index contributed by atoms with van der Waals surface area (Å²) in [5, 5.41) is 17.6. The molecule has 80 valence electrons. The molecule has 2 rings (SSSR count). The number of nitrogens with zero attached hydrogens (tertiary/aromatic N) is 2. The molecule has 15 heavy (non-hydrogen) atoms. The molecular formula is C8H8N2O3S2. The van der Waals surface area contributed by atoms with Gasteiger partial charge in [-0.25, -0.2) is 8.42 Å². The summed E-state index contributed by atoms with van der Waals surface area (Å²) in [6, 6.07) is 4.79. The number of aliphatic hydroxyl groups excluding tert-OH is 1. The Balaban J connectivity index is 2.27. The van der Waals surface area contributed by atoms with E-state index in [4.69, 9.17) is 10.4 Å². The molecule has 1 aliphatic rings. The number of thiophene rings is 1. The van der Waals surface area contributed by atoms with Crippen LogP contribution in [0.15, 0.2) is 16.3 Å². The fourth-order valence-electron chi connectivity index (χ4n) is 1.26. The number of rotatable bonds is 2. The van der Waals surface area contributed by atoms with Gasteiger partial charge in [0.05, 0.1) is 6.10 Å². The van der Waals surface area contributed by atoms with E-state index in [0.29, 0.717) is 4.88 Å². The summed E-state index contributed by atoms with van der Waals surface area (Å²) in [5.41, 5.74) is 0. The topological polar surface area (TPSA) is 81.4 Å². The third-order valence-corrected chi connectivity index (χ3v) is 5.40. The van der Waals surface area contributed by atoms with Crippen LogP contribution in [0.25, 0.3) is 0 Å². The molecule has 0 spiro atoms. The van der Waals surface area contributed by atoms with Gasteiger partial charge in [-0.3, -0.25) is 0 Å². The minimum Gasteiger partial charge on any atom is -0.390 e. The summed E-state index contributed by atoms with van der Waals surface area (Å²) < 4.78 is 25.0. The summed E-state index contributed by atoms with van der Waals surface area (Å²) in [4.78, 5) is 0.370. The molecule has 5 nitrogen and oxygen atoms in total. The first-order chi connectivity index (χ1) is 7.04. The molecule has 0 amide bonds. The second-order valence-electron chi connectivity index (χ2n) is 3.21. The highest BCUT2D eigenvalue weighted by atomic mass is 32.2. The molecule has 0 saturated carbocycles. The maximum Gasteiger partial charge on any atom is 0.252 e. The van der Waals surface area contributed by atoms with Gasteiger partial charge in [-0.05, 0) is 12.1 Å². The Morgan fingerprint density at radius 1 is 1.53 bits per heavy atom. The van der Waals surface area contributed by atoms with Gasteiger partial charge in [0.1, 0.15) is 15.2 Å². The lowest BCUT2D eigenvalue weighted by atomic mass is 10.2. The average Bonchev–Trinajstić information content (AvgIpc) is 2.61. The van der Waals surface area contributed by atoms with Crippen LogP contribution in [0.1, 0.15) is 4.88 Å². The van der Waals surface area contributed by atoms with Gasteiger partial charge in [-0.2, -0.15) is 9.57 Å². The lowest BCUT2D eigenvalue weighted by Crippen LogP contribution is -2.53. The molecular weight excluding hydrogens is 236 g/mol. The minimum absolute atomic E-state index is 0.141. The molecule has 1 aliphatic heterocycles. The highest BCUT2D eigenvalue weighted by molar-refractivity contribution is 7.91. The highest BCUT2D eigenvalue weighted by Gasteiger charge is 2.36. The summed E-state index contributed by atoms with van der Waals surface area (Å²) in [7, 11) is -3.48. The first-order valence-corrected chi connectivity index (χ1v) is 6.48. The van der Waals surface area contributed by atoms with Gasteiger partial charge < -0.3 is 5.11 Å². The van der Waals surface area contributed by atoms with Crippen LogP contribution in [0.3, 0.4) is 0 Å². The van der Waals surface area contributed by atoms with Gasteiger partial charge in [0.25, 0.3) is 10.0 Å². The van der Waals surface area contributed by atoms with Gasteiger partial charge >= 0.3 is 0 Å². The quantitative estimate of drug-likeness (QED) is 0.793. The lowest BCUT2D eigenvalue weighted by molar-refractivity contribution is 0.0549. The van der Waals surface area contributed by atoms with E-state index >= 15 is 0 Å². The van der Waals surface area contributed by atoms with Gasteiger partial charge in [0, 0.05) is 13.1 Å². The van der Waals surface area contributed by atoms with Crippen molar-refractivity contribution in [3.05, 3.63) is 17.0 Å². The molecule has 0 aromatic carbocycles. The Hall–Kier alpha value is -0.940. The normalized spacial score (nSPS) is 18.4. The predicted molar refractivity (Wildman–Crippen MR) is 53.8 cm³/mol. The van der Waals surface area contributed by atoms with Crippen molar-refractivity contribution >= 4 is 21.4 Å². The number of hydrogen-bond donors (Lipinski definition) is 1. The van der Waals surface area contributed by atoms with Crippen molar-refractivity contribution in [3.63, 3.8) is 0 Å². The lowest BCUT2D eigenvalue weighted by Gasteiger charge is -2.33. The van der Waals surface area contributed by atoms with Crippen LogP contribution in [0.4, 0.5) is 0 Å². The van der Waals surface area contributed by atoms with Crippen LogP contribution in [0.2, 0.25) is 0 Å². The molecule has 1 aromatic rings. The van der Waals surface area contributed by atoms with E-state index in [2.05, 4.69) is 0 Å². The molecule has 1 fully saturated rings. The monoisotopic (exact) mass is 244 g/mol. The molecule has 0 radical (unpaired) electrons. The first-order valence-electron chi connectivity index (χ1n) is 4.22. The zero-order chi connectivity index (χ0) is 11.1. The Bertz CT molecular complexity index is 508. The SMILES string of the molecule is N#Cc1ccc(S(=O)(=O)N2CC(O)C2)s1. The number of aliphatic hydroxyl groups is 1. The van der Waals surface area contributed by atoms with Crippen LogP contribution in [0.5, 0.6) is 0 Å². The Morgan fingerprint density at radius 2 is 2.20 bits per heavy atom. The molecule has 0 bridgehead atoms. The van der Waals surface area contributed by atoms with Gasteiger partial charge in [-0.1, -0.05) is 0 Å². The van der Waals surface area contributed by atoms with Crippen LogP contribution in [0, 0.1) is 11.3 Å². The molecule has 2 heterocycles. The van der Waals surface area contributed by atoms with E-state index in [9.17, 15) is 8.42 Å². The predicted octanol–water partition coefficient (Wildman–Crippen LogP) is -0.0150. The second-order valence-corrected chi connectivity index (χ2v) is 6.45. The fraction of sp³-hybridized carbons (Fsp3) is 0.375. The van der Waals surface area contributed by atoms with Crippen molar-refractivity contribution in [1.82, 2.24) is 4.31 Å². The van der Waals surface area contributed by atoms with E-state index in [-0.39, 0.29) is 17.3 Å². The van der Waals surface area contributed by atoms with Crippen LogP contribution < -0.4 is 0 Å². The number of hydrogen-bond acceptors (Lipinski definition) is 5. The Labute approximate surface area is 91.2 Å². The van der Waals surface area contributed by atoms with Crippen molar-refractivity contribution in [1.29, 1.82) is 5.26 Å². The van der Waals surface area contributed by atoms with Crippen molar-refractivity contribution < 1.29 is 13.5 Å². The number of sulfonamides is 1. The molecule has 1 N–H and O–H groups in total. The van der Waals surface area contributed by atoms with E-state index in [1.165, 1.54) is 16.4 Å². The summed E-state index contributed by atoms with van der Waals surface area (Å²) >= 11 is 0.946. The van der Waals surface area contributed by atoms with Gasteiger partial charge in [0.2, 0.25) is 0 Å². The van der Waals surface area contributed by atoms with Gasteiger partial charge in [0.15, 0.2) is 0 Å². The maximum atomic E-state index is 11.8. The highest BCUT2D eigenvalue weighted by Crippen LogP contribution is 2.27. The fourth-order valence-corrected chi connectivity index (χ4v) is 4.03. The molecule has 0 aliphatic carbocycles. The van der Waals surface area contributed by atoms with Crippen molar-refractivity contribution in [2.75, 3.05) is 13.1 Å².